The maximum atomic E-state index is 12.2. The van der Waals surface area contributed by atoms with Crippen molar-refractivity contribution in [3.05, 3.63) is 23.3 Å². The van der Waals surface area contributed by atoms with Crippen LogP contribution in [0.2, 0.25) is 0 Å². The summed E-state index contributed by atoms with van der Waals surface area (Å²) in [7, 11) is 4.25. The van der Waals surface area contributed by atoms with E-state index in [2.05, 4.69) is 36.0 Å². The minimum absolute atomic E-state index is 0.207. The molecule has 0 aromatic rings. The summed E-state index contributed by atoms with van der Waals surface area (Å²) < 4.78 is 10.8. The summed E-state index contributed by atoms with van der Waals surface area (Å²) in [5.41, 5.74) is 1.62. The fourth-order valence-corrected chi connectivity index (χ4v) is 4.96. The third kappa shape index (κ3) is 3.83. The molecule has 4 bridgehead atoms. The smallest absolute Gasteiger partial charge is 0.333 e. The fraction of sp³-hybridized carbons (Fsp3) is 0.714. The highest BCUT2D eigenvalue weighted by Gasteiger charge is 2.37. The Hall–Kier alpha value is -1.66. The third-order valence-electron chi connectivity index (χ3n) is 6.77. The van der Waals surface area contributed by atoms with E-state index in [0.717, 1.165) is 49.7 Å². The molecule has 0 spiro atoms. The Labute approximate surface area is 161 Å². The lowest BCUT2D eigenvalue weighted by Gasteiger charge is -2.29. The number of hydrogen-bond acceptors (Lipinski definition) is 6. The van der Waals surface area contributed by atoms with Crippen molar-refractivity contribution in [2.75, 3.05) is 27.3 Å². The highest BCUT2D eigenvalue weighted by molar-refractivity contribution is 5.89. The molecule has 0 N–H and O–H groups in total. The van der Waals surface area contributed by atoms with Crippen LogP contribution in [0.15, 0.2) is 23.3 Å². The molecule has 0 saturated carbocycles. The van der Waals surface area contributed by atoms with Crippen molar-refractivity contribution in [3.8, 4) is 0 Å². The van der Waals surface area contributed by atoms with Crippen molar-refractivity contribution in [2.45, 2.75) is 69.1 Å². The van der Waals surface area contributed by atoms with Gasteiger partial charge in [0.05, 0.1) is 13.2 Å². The van der Waals surface area contributed by atoms with E-state index >= 15 is 0 Å². The Morgan fingerprint density at radius 1 is 0.852 bits per heavy atom. The molecule has 4 heterocycles. The van der Waals surface area contributed by atoms with Gasteiger partial charge in [-0.3, -0.25) is 9.80 Å². The first-order chi connectivity index (χ1) is 13.0. The molecule has 4 rings (SSSR count). The zero-order valence-electron chi connectivity index (χ0n) is 16.4. The molecule has 0 unspecified atom stereocenters. The zero-order chi connectivity index (χ0) is 19.0. The Morgan fingerprint density at radius 3 is 1.70 bits per heavy atom. The van der Waals surface area contributed by atoms with Gasteiger partial charge in [0.1, 0.15) is 0 Å². The quantitative estimate of drug-likeness (QED) is 0.524. The molecule has 0 aromatic carbocycles. The Kier molecular flexibility index (Phi) is 5.37. The van der Waals surface area contributed by atoms with E-state index in [4.69, 9.17) is 9.47 Å². The van der Waals surface area contributed by atoms with Gasteiger partial charge < -0.3 is 9.47 Å². The monoisotopic (exact) mass is 374 g/mol. The molecule has 0 radical (unpaired) electrons. The van der Waals surface area contributed by atoms with Crippen molar-refractivity contribution < 1.29 is 19.1 Å². The van der Waals surface area contributed by atoms with Crippen LogP contribution in [-0.2, 0) is 19.1 Å². The lowest BCUT2D eigenvalue weighted by atomic mass is 10.0. The van der Waals surface area contributed by atoms with E-state index in [1.54, 1.807) is 0 Å². The van der Waals surface area contributed by atoms with E-state index in [-0.39, 0.29) is 11.9 Å². The predicted octanol–water partition coefficient (Wildman–Crippen LogP) is 2.05. The van der Waals surface area contributed by atoms with Gasteiger partial charge in [-0.05, 0) is 52.6 Å². The van der Waals surface area contributed by atoms with Crippen molar-refractivity contribution in [1.29, 1.82) is 0 Å². The number of likely N-dealkylation sites (N-methyl/N-ethyl adjacent to an activating group) is 2. The number of carbonyl (C=O) groups is 2. The minimum Gasteiger partial charge on any atom is -0.462 e. The third-order valence-corrected chi connectivity index (χ3v) is 6.77. The van der Waals surface area contributed by atoms with E-state index < -0.39 is 0 Å². The average Bonchev–Trinajstić information content (AvgIpc) is 3.00. The van der Waals surface area contributed by atoms with Crippen LogP contribution in [0, 0.1) is 0 Å². The lowest BCUT2D eigenvalue weighted by molar-refractivity contribution is -0.142. The van der Waals surface area contributed by atoms with Gasteiger partial charge in [-0.15, -0.1) is 0 Å². The van der Waals surface area contributed by atoms with Crippen LogP contribution in [0.4, 0.5) is 0 Å². The molecule has 148 valence electrons. The second-order valence-electron chi connectivity index (χ2n) is 8.35. The highest BCUT2D eigenvalue weighted by Crippen LogP contribution is 2.34. The van der Waals surface area contributed by atoms with Crippen molar-refractivity contribution >= 4 is 11.9 Å². The summed E-state index contributed by atoms with van der Waals surface area (Å²) in [5.74, 6) is -0.415. The Bertz CT molecular complexity index is 615. The lowest BCUT2D eigenvalue weighted by Crippen LogP contribution is -2.36. The van der Waals surface area contributed by atoms with Crippen LogP contribution in [0.25, 0.3) is 0 Å². The number of nitrogens with zero attached hydrogens (tertiary/aromatic N) is 2. The summed E-state index contributed by atoms with van der Waals surface area (Å²) >= 11 is 0. The zero-order valence-corrected chi connectivity index (χ0v) is 16.4. The number of esters is 2. The van der Waals surface area contributed by atoms with Crippen LogP contribution >= 0.6 is 0 Å². The summed E-state index contributed by atoms with van der Waals surface area (Å²) in [6.45, 7) is 0.587. The maximum Gasteiger partial charge on any atom is 0.333 e. The van der Waals surface area contributed by atoms with Gasteiger partial charge in [-0.25, -0.2) is 9.59 Å². The first kappa shape index (κ1) is 18.7. The summed E-state index contributed by atoms with van der Waals surface area (Å²) in [5, 5.41) is 0. The molecule has 0 amide bonds. The maximum absolute atomic E-state index is 12.2. The van der Waals surface area contributed by atoms with E-state index in [1.807, 2.05) is 0 Å². The number of ether oxygens (including phenoxy) is 2. The highest BCUT2D eigenvalue weighted by atomic mass is 16.5. The van der Waals surface area contributed by atoms with Gasteiger partial charge in [0.15, 0.2) is 0 Å². The number of hydrogen-bond donors (Lipinski definition) is 0. The molecule has 4 aliphatic heterocycles. The first-order valence-corrected chi connectivity index (χ1v) is 10.2. The van der Waals surface area contributed by atoms with Crippen LogP contribution < -0.4 is 0 Å². The molecule has 2 saturated heterocycles. The van der Waals surface area contributed by atoms with Crippen LogP contribution in [0.5, 0.6) is 0 Å². The van der Waals surface area contributed by atoms with Gasteiger partial charge in [0.25, 0.3) is 0 Å². The molecule has 4 atom stereocenters. The van der Waals surface area contributed by atoms with Gasteiger partial charge in [0, 0.05) is 41.7 Å². The molecule has 0 aliphatic carbocycles. The van der Waals surface area contributed by atoms with Gasteiger partial charge in [-0.2, -0.15) is 0 Å². The molecular formula is C21H30N2O4. The van der Waals surface area contributed by atoms with Crippen LogP contribution in [0.3, 0.4) is 0 Å². The summed E-state index contributed by atoms with van der Waals surface area (Å²) in [6, 6.07) is 1.71. The van der Waals surface area contributed by atoms with Crippen molar-refractivity contribution in [2.24, 2.45) is 0 Å². The minimum atomic E-state index is -0.207. The fourth-order valence-electron chi connectivity index (χ4n) is 4.96. The second kappa shape index (κ2) is 7.76. The standard InChI is InChI=1S/C21H30N2O4/c1-22-16-4-5-17(22)11-14(10-16)20(24)26-8-3-9-27-21(25)15-12-18-6-7-19(13-15)23(18)2/h10,12,16-19H,3-9,11,13H2,1-2H3/t16-,17+,18+,19-. The average molecular weight is 374 g/mol. The topological polar surface area (TPSA) is 59.1 Å². The van der Waals surface area contributed by atoms with Crippen LogP contribution in [-0.4, -0.2) is 73.2 Å². The SMILES string of the molecule is CN1[C@@H]2CC[C@H]1C=C(C(=O)OCCCOC(=O)C1=C[C@H]3CC[C@@H](C1)N3C)C2. The molecule has 6 heteroatoms. The van der Waals surface area contributed by atoms with E-state index in [1.165, 1.54) is 0 Å². The van der Waals surface area contributed by atoms with E-state index in [0.29, 0.717) is 43.8 Å². The molecule has 2 fully saturated rings. The summed E-state index contributed by atoms with van der Waals surface area (Å²) in [6.07, 6.45) is 10.8. The number of carbonyl (C=O) groups excluding carboxylic acids is 2. The van der Waals surface area contributed by atoms with Gasteiger partial charge in [-0.1, -0.05) is 12.2 Å². The van der Waals surface area contributed by atoms with Crippen LogP contribution in [0.1, 0.15) is 44.9 Å². The largest absolute Gasteiger partial charge is 0.462 e. The van der Waals surface area contributed by atoms with Gasteiger partial charge >= 0.3 is 11.9 Å². The molecule has 27 heavy (non-hydrogen) atoms. The van der Waals surface area contributed by atoms with Gasteiger partial charge in [0.2, 0.25) is 0 Å². The Morgan fingerprint density at radius 2 is 1.30 bits per heavy atom. The van der Waals surface area contributed by atoms with Crippen molar-refractivity contribution in [3.63, 3.8) is 0 Å². The first-order valence-electron chi connectivity index (χ1n) is 10.2. The normalized spacial score (nSPS) is 32.8. The second-order valence-corrected chi connectivity index (χ2v) is 8.35. The molecule has 0 aromatic heterocycles. The summed E-state index contributed by atoms with van der Waals surface area (Å²) in [4.78, 5) is 29.2. The molecular weight excluding hydrogens is 344 g/mol. The Balaban J connectivity index is 1.16. The predicted molar refractivity (Wildman–Crippen MR) is 101 cm³/mol. The van der Waals surface area contributed by atoms with Crippen molar-refractivity contribution in [1.82, 2.24) is 9.80 Å². The molecule has 6 nitrogen and oxygen atoms in total. The number of fused-ring (bicyclic) bond motifs is 4. The molecule has 4 aliphatic rings. The van der Waals surface area contributed by atoms with E-state index in [9.17, 15) is 9.59 Å². The number of rotatable bonds is 6.